The van der Waals surface area contributed by atoms with Crippen molar-refractivity contribution in [3.63, 3.8) is 0 Å². The van der Waals surface area contributed by atoms with E-state index in [1.54, 1.807) is 0 Å². The van der Waals surface area contributed by atoms with Gasteiger partial charge in [-0.1, -0.05) is 18.9 Å². The molecule has 1 aromatic rings. The number of benzene rings is 1. The van der Waals surface area contributed by atoms with Crippen molar-refractivity contribution in [1.29, 1.82) is 0 Å². The summed E-state index contributed by atoms with van der Waals surface area (Å²) in [6, 6.07) is 4.21. The number of rotatable bonds is 3. The first-order valence-corrected chi connectivity index (χ1v) is 6.27. The van der Waals surface area contributed by atoms with Gasteiger partial charge in [-0.25, -0.2) is 9.18 Å². The zero-order valence-corrected chi connectivity index (χ0v) is 10.7. The summed E-state index contributed by atoms with van der Waals surface area (Å²) < 4.78 is 13.4. The number of hydrogen-bond acceptors (Lipinski definition) is 2. The van der Waals surface area contributed by atoms with Gasteiger partial charge in [-0.3, -0.25) is 4.79 Å². The number of aliphatic carboxylic acids is 1. The molecule has 1 aromatic carbocycles. The molecule has 2 N–H and O–H groups in total. The highest BCUT2D eigenvalue weighted by atomic mass is 19.1. The molecule has 2 rings (SSSR count). The van der Waals surface area contributed by atoms with Crippen molar-refractivity contribution in [2.75, 3.05) is 0 Å². The SMILES string of the molecule is Cc1c(F)cccc1C(=O)NC1(C(=O)O)CCCC1. The van der Waals surface area contributed by atoms with Crippen LogP contribution >= 0.6 is 0 Å². The molecule has 1 aliphatic carbocycles. The van der Waals surface area contributed by atoms with Crippen LogP contribution in [0.15, 0.2) is 18.2 Å². The van der Waals surface area contributed by atoms with E-state index >= 15 is 0 Å². The van der Waals surface area contributed by atoms with Crippen LogP contribution < -0.4 is 5.32 Å². The summed E-state index contributed by atoms with van der Waals surface area (Å²) in [4.78, 5) is 23.5. The zero-order valence-electron chi connectivity index (χ0n) is 10.7. The lowest BCUT2D eigenvalue weighted by Crippen LogP contribution is -2.52. The quantitative estimate of drug-likeness (QED) is 0.881. The van der Waals surface area contributed by atoms with Crippen LogP contribution in [-0.2, 0) is 4.79 Å². The average molecular weight is 265 g/mol. The first-order chi connectivity index (χ1) is 8.96. The van der Waals surface area contributed by atoms with E-state index in [1.165, 1.54) is 25.1 Å². The molecule has 0 unspecified atom stereocenters. The Labute approximate surface area is 110 Å². The summed E-state index contributed by atoms with van der Waals surface area (Å²) in [5, 5.41) is 11.9. The number of hydrogen-bond donors (Lipinski definition) is 2. The molecule has 1 amide bonds. The fourth-order valence-electron chi connectivity index (χ4n) is 2.51. The summed E-state index contributed by atoms with van der Waals surface area (Å²) in [6.45, 7) is 1.51. The topological polar surface area (TPSA) is 66.4 Å². The predicted molar refractivity (Wildman–Crippen MR) is 67.4 cm³/mol. The number of nitrogens with one attached hydrogen (secondary N) is 1. The van der Waals surface area contributed by atoms with Crippen molar-refractivity contribution in [3.05, 3.63) is 35.1 Å². The zero-order chi connectivity index (χ0) is 14.0. The van der Waals surface area contributed by atoms with Crippen LogP contribution in [-0.4, -0.2) is 22.5 Å². The van der Waals surface area contributed by atoms with E-state index in [0.29, 0.717) is 12.8 Å². The number of amides is 1. The average Bonchev–Trinajstić information content (AvgIpc) is 2.82. The van der Waals surface area contributed by atoms with Gasteiger partial charge in [0.25, 0.3) is 5.91 Å². The molecule has 0 heterocycles. The summed E-state index contributed by atoms with van der Waals surface area (Å²) in [5.41, 5.74) is -0.776. The van der Waals surface area contributed by atoms with Crippen LogP contribution in [0.2, 0.25) is 0 Å². The van der Waals surface area contributed by atoms with E-state index in [1.807, 2.05) is 0 Å². The second-order valence-electron chi connectivity index (χ2n) is 4.96. The van der Waals surface area contributed by atoms with Crippen molar-refractivity contribution in [3.8, 4) is 0 Å². The van der Waals surface area contributed by atoms with E-state index in [4.69, 9.17) is 0 Å². The highest BCUT2D eigenvalue weighted by molar-refractivity contribution is 5.99. The molecule has 0 atom stereocenters. The molecule has 4 nitrogen and oxygen atoms in total. The third-order valence-electron chi connectivity index (χ3n) is 3.73. The lowest BCUT2D eigenvalue weighted by Gasteiger charge is -2.25. The van der Waals surface area contributed by atoms with E-state index in [0.717, 1.165) is 12.8 Å². The van der Waals surface area contributed by atoms with Crippen LogP contribution in [0.3, 0.4) is 0 Å². The van der Waals surface area contributed by atoms with E-state index in [-0.39, 0.29) is 11.1 Å². The third kappa shape index (κ3) is 2.45. The van der Waals surface area contributed by atoms with Gasteiger partial charge in [0.2, 0.25) is 0 Å². The molecule has 0 aliphatic heterocycles. The summed E-state index contributed by atoms with van der Waals surface area (Å²) >= 11 is 0. The maximum Gasteiger partial charge on any atom is 0.329 e. The van der Waals surface area contributed by atoms with Gasteiger partial charge in [-0.2, -0.15) is 0 Å². The molecule has 1 aliphatic rings. The Morgan fingerprint density at radius 3 is 2.53 bits per heavy atom. The highest BCUT2D eigenvalue weighted by Gasteiger charge is 2.42. The minimum absolute atomic E-state index is 0.188. The maximum absolute atomic E-state index is 13.4. The predicted octanol–water partition coefficient (Wildman–Crippen LogP) is 2.26. The van der Waals surface area contributed by atoms with Crippen LogP contribution in [0.1, 0.15) is 41.6 Å². The van der Waals surface area contributed by atoms with E-state index < -0.39 is 23.2 Å². The Kier molecular flexibility index (Phi) is 3.55. The van der Waals surface area contributed by atoms with Gasteiger partial charge in [-0.05, 0) is 37.5 Å². The molecule has 102 valence electrons. The Bertz CT molecular complexity index is 521. The molecule has 0 aromatic heterocycles. The fourth-order valence-corrected chi connectivity index (χ4v) is 2.51. The Balaban J connectivity index is 2.25. The standard InChI is InChI=1S/C14H16FNO3/c1-9-10(5-4-6-11(9)15)12(17)16-14(13(18)19)7-2-3-8-14/h4-6H,2-3,7-8H2,1H3,(H,16,17)(H,18,19). The second kappa shape index (κ2) is 4.99. The van der Waals surface area contributed by atoms with Crippen molar-refractivity contribution in [2.24, 2.45) is 0 Å². The van der Waals surface area contributed by atoms with Gasteiger partial charge in [0.05, 0.1) is 0 Å². The van der Waals surface area contributed by atoms with Crippen molar-refractivity contribution < 1.29 is 19.1 Å². The van der Waals surface area contributed by atoms with Gasteiger partial charge >= 0.3 is 5.97 Å². The smallest absolute Gasteiger partial charge is 0.329 e. The number of carbonyl (C=O) groups excluding carboxylic acids is 1. The van der Waals surface area contributed by atoms with Gasteiger partial charge < -0.3 is 10.4 Å². The van der Waals surface area contributed by atoms with Crippen LogP contribution in [0.25, 0.3) is 0 Å². The van der Waals surface area contributed by atoms with Gasteiger partial charge in [0, 0.05) is 5.56 Å². The van der Waals surface area contributed by atoms with Gasteiger partial charge in [0.1, 0.15) is 11.4 Å². The fraction of sp³-hybridized carbons (Fsp3) is 0.429. The lowest BCUT2D eigenvalue weighted by molar-refractivity contribution is -0.144. The first kappa shape index (κ1) is 13.5. The van der Waals surface area contributed by atoms with Crippen LogP contribution in [0.4, 0.5) is 4.39 Å². The Hall–Kier alpha value is -1.91. The minimum atomic E-state index is -1.20. The molecule has 0 saturated heterocycles. The number of halogens is 1. The summed E-state index contributed by atoms with van der Waals surface area (Å²) in [7, 11) is 0. The third-order valence-corrected chi connectivity index (χ3v) is 3.73. The van der Waals surface area contributed by atoms with Crippen molar-refractivity contribution >= 4 is 11.9 Å². The number of carboxylic acids is 1. The monoisotopic (exact) mass is 265 g/mol. The number of carbonyl (C=O) groups is 2. The molecule has 0 bridgehead atoms. The van der Waals surface area contributed by atoms with E-state index in [2.05, 4.69) is 5.32 Å². The summed E-state index contributed by atoms with van der Waals surface area (Å²) in [5.74, 6) is -2.02. The molecule has 5 heteroatoms. The Morgan fingerprint density at radius 1 is 1.32 bits per heavy atom. The second-order valence-corrected chi connectivity index (χ2v) is 4.96. The molecule has 1 saturated carbocycles. The normalized spacial score (nSPS) is 17.2. The maximum atomic E-state index is 13.4. The lowest BCUT2D eigenvalue weighted by atomic mass is 9.96. The molecular weight excluding hydrogens is 249 g/mol. The summed E-state index contributed by atoms with van der Waals surface area (Å²) in [6.07, 6.45) is 2.38. The minimum Gasteiger partial charge on any atom is -0.480 e. The van der Waals surface area contributed by atoms with Crippen molar-refractivity contribution in [2.45, 2.75) is 38.1 Å². The van der Waals surface area contributed by atoms with Crippen LogP contribution in [0, 0.1) is 12.7 Å². The molecule has 0 radical (unpaired) electrons. The van der Waals surface area contributed by atoms with E-state index in [9.17, 15) is 19.1 Å². The largest absolute Gasteiger partial charge is 0.480 e. The van der Waals surface area contributed by atoms with Gasteiger partial charge in [-0.15, -0.1) is 0 Å². The molecular formula is C14H16FNO3. The highest BCUT2D eigenvalue weighted by Crippen LogP contribution is 2.30. The first-order valence-electron chi connectivity index (χ1n) is 6.27. The van der Waals surface area contributed by atoms with Crippen LogP contribution in [0.5, 0.6) is 0 Å². The molecule has 1 fully saturated rings. The van der Waals surface area contributed by atoms with Gasteiger partial charge in [0.15, 0.2) is 0 Å². The Morgan fingerprint density at radius 2 is 1.95 bits per heavy atom. The molecule has 0 spiro atoms. The molecule has 19 heavy (non-hydrogen) atoms. The van der Waals surface area contributed by atoms with Crippen molar-refractivity contribution in [1.82, 2.24) is 5.32 Å². The number of carboxylic acid groups (broad SMARTS) is 1.